The molecule has 0 bridgehead atoms. The van der Waals surface area contributed by atoms with Crippen molar-refractivity contribution in [1.29, 1.82) is 0 Å². The van der Waals surface area contributed by atoms with Gasteiger partial charge in [0.15, 0.2) is 0 Å². The lowest BCUT2D eigenvalue weighted by atomic mass is 9.95. The standard InChI is InChI=1S/C13H16O3/c1-9(8-10(2)14)11-4-6-12(7-5-11)13(15)16-3/h4-7,9H,8H2,1-3H3. The minimum atomic E-state index is -0.342. The number of hydrogen-bond donors (Lipinski definition) is 0. The Morgan fingerprint density at radius 3 is 2.25 bits per heavy atom. The summed E-state index contributed by atoms with van der Waals surface area (Å²) in [6, 6.07) is 7.16. The first kappa shape index (κ1) is 12.4. The van der Waals surface area contributed by atoms with Crippen LogP contribution in [0.15, 0.2) is 24.3 Å². The Morgan fingerprint density at radius 2 is 1.81 bits per heavy atom. The lowest BCUT2D eigenvalue weighted by molar-refractivity contribution is -0.117. The summed E-state index contributed by atoms with van der Waals surface area (Å²) in [7, 11) is 1.36. The lowest BCUT2D eigenvalue weighted by Gasteiger charge is -2.10. The van der Waals surface area contributed by atoms with E-state index in [1.165, 1.54) is 7.11 Å². The van der Waals surface area contributed by atoms with Crippen LogP contribution in [0.1, 0.15) is 42.1 Å². The van der Waals surface area contributed by atoms with E-state index in [1.54, 1.807) is 19.1 Å². The Labute approximate surface area is 95.4 Å². The molecule has 1 aromatic carbocycles. The van der Waals surface area contributed by atoms with Gasteiger partial charge in [0.2, 0.25) is 0 Å². The van der Waals surface area contributed by atoms with Gasteiger partial charge in [-0.2, -0.15) is 0 Å². The molecular formula is C13H16O3. The van der Waals surface area contributed by atoms with Crippen LogP contribution in [-0.2, 0) is 9.53 Å². The molecule has 1 rings (SSSR count). The Bertz CT molecular complexity index is 379. The van der Waals surface area contributed by atoms with Gasteiger partial charge in [0, 0.05) is 6.42 Å². The Kier molecular flexibility index (Phi) is 4.23. The molecule has 0 N–H and O–H groups in total. The van der Waals surface area contributed by atoms with Gasteiger partial charge in [0.1, 0.15) is 5.78 Å². The molecule has 0 saturated heterocycles. The molecule has 0 heterocycles. The van der Waals surface area contributed by atoms with E-state index in [1.807, 2.05) is 19.1 Å². The zero-order valence-electron chi connectivity index (χ0n) is 9.82. The molecule has 1 aromatic rings. The number of rotatable bonds is 4. The van der Waals surface area contributed by atoms with E-state index in [0.29, 0.717) is 12.0 Å². The lowest BCUT2D eigenvalue weighted by Crippen LogP contribution is -2.03. The third-order valence-electron chi connectivity index (χ3n) is 2.49. The normalized spacial score (nSPS) is 11.9. The zero-order valence-corrected chi connectivity index (χ0v) is 9.82. The van der Waals surface area contributed by atoms with E-state index in [9.17, 15) is 9.59 Å². The molecule has 3 nitrogen and oxygen atoms in total. The van der Waals surface area contributed by atoms with E-state index >= 15 is 0 Å². The minimum Gasteiger partial charge on any atom is -0.465 e. The second-order valence-corrected chi connectivity index (χ2v) is 3.92. The molecule has 0 aliphatic carbocycles. The molecule has 0 aliphatic heterocycles. The quantitative estimate of drug-likeness (QED) is 0.732. The van der Waals surface area contributed by atoms with Crippen molar-refractivity contribution in [2.45, 2.75) is 26.2 Å². The van der Waals surface area contributed by atoms with Crippen molar-refractivity contribution in [2.75, 3.05) is 7.11 Å². The highest BCUT2D eigenvalue weighted by Gasteiger charge is 2.10. The van der Waals surface area contributed by atoms with E-state index in [2.05, 4.69) is 4.74 Å². The molecule has 0 aromatic heterocycles. The van der Waals surface area contributed by atoms with Gasteiger partial charge in [-0.05, 0) is 30.5 Å². The van der Waals surface area contributed by atoms with Gasteiger partial charge < -0.3 is 9.53 Å². The van der Waals surface area contributed by atoms with Crippen molar-refractivity contribution in [3.63, 3.8) is 0 Å². The van der Waals surface area contributed by atoms with Gasteiger partial charge in [-0.15, -0.1) is 0 Å². The molecule has 86 valence electrons. The van der Waals surface area contributed by atoms with Crippen molar-refractivity contribution in [3.05, 3.63) is 35.4 Å². The number of hydrogen-bond acceptors (Lipinski definition) is 3. The maximum atomic E-state index is 11.2. The van der Waals surface area contributed by atoms with Gasteiger partial charge in [0.05, 0.1) is 12.7 Å². The number of methoxy groups -OCH3 is 1. The summed E-state index contributed by atoms with van der Waals surface area (Å²) in [5, 5.41) is 0. The van der Waals surface area contributed by atoms with Crippen LogP contribution in [0.5, 0.6) is 0 Å². The van der Waals surface area contributed by atoms with Crippen molar-refractivity contribution in [1.82, 2.24) is 0 Å². The first-order chi connectivity index (χ1) is 7.54. The average Bonchev–Trinajstić information content (AvgIpc) is 2.27. The summed E-state index contributed by atoms with van der Waals surface area (Å²) >= 11 is 0. The average molecular weight is 220 g/mol. The summed E-state index contributed by atoms with van der Waals surface area (Å²) in [6.45, 7) is 3.58. The molecule has 0 spiro atoms. The predicted octanol–water partition coefficient (Wildman–Crippen LogP) is 2.56. The number of Topliss-reactive ketones (excluding diaryl/α,β-unsaturated/α-hetero) is 1. The number of ether oxygens (including phenoxy) is 1. The van der Waals surface area contributed by atoms with Crippen LogP contribution >= 0.6 is 0 Å². The van der Waals surface area contributed by atoms with Crippen LogP contribution in [0, 0.1) is 0 Å². The largest absolute Gasteiger partial charge is 0.465 e. The van der Waals surface area contributed by atoms with Gasteiger partial charge >= 0.3 is 5.97 Å². The number of esters is 1. The summed E-state index contributed by atoms with van der Waals surface area (Å²) in [5.41, 5.74) is 1.59. The van der Waals surface area contributed by atoms with Gasteiger partial charge in [-0.3, -0.25) is 0 Å². The molecule has 0 fully saturated rings. The number of ketones is 1. The molecular weight excluding hydrogens is 204 g/mol. The fourth-order valence-corrected chi connectivity index (χ4v) is 1.61. The topological polar surface area (TPSA) is 43.4 Å². The molecule has 0 saturated carbocycles. The minimum absolute atomic E-state index is 0.171. The molecule has 1 unspecified atom stereocenters. The fraction of sp³-hybridized carbons (Fsp3) is 0.385. The Hall–Kier alpha value is -1.64. The van der Waals surface area contributed by atoms with E-state index in [0.717, 1.165) is 5.56 Å². The first-order valence-electron chi connectivity index (χ1n) is 5.22. The molecule has 0 aliphatic rings. The third-order valence-corrected chi connectivity index (χ3v) is 2.49. The van der Waals surface area contributed by atoms with Gasteiger partial charge in [-0.1, -0.05) is 19.1 Å². The van der Waals surface area contributed by atoms with Crippen molar-refractivity contribution < 1.29 is 14.3 Å². The fourth-order valence-electron chi connectivity index (χ4n) is 1.61. The second-order valence-electron chi connectivity index (χ2n) is 3.92. The Balaban J connectivity index is 2.78. The van der Waals surface area contributed by atoms with E-state index in [4.69, 9.17) is 0 Å². The number of benzene rings is 1. The maximum Gasteiger partial charge on any atom is 0.337 e. The summed E-state index contributed by atoms with van der Waals surface area (Å²) in [5.74, 6) is 0.0134. The van der Waals surface area contributed by atoms with Crippen LogP contribution in [0.2, 0.25) is 0 Å². The first-order valence-corrected chi connectivity index (χ1v) is 5.22. The van der Waals surface area contributed by atoms with Gasteiger partial charge in [-0.25, -0.2) is 4.79 Å². The maximum absolute atomic E-state index is 11.2. The van der Waals surface area contributed by atoms with E-state index < -0.39 is 0 Å². The predicted molar refractivity (Wildman–Crippen MR) is 61.5 cm³/mol. The highest BCUT2D eigenvalue weighted by atomic mass is 16.5. The molecule has 16 heavy (non-hydrogen) atoms. The number of carbonyl (C=O) groups is 2. The zero-order chi connectivity index (χ0) is 12.1. The van der Waals surface area contributed by atoms with Crippen molar-refractivity contribution >= 4 is 11.8 Å². The monoisotopic (exact) mass is 220 g/mol. The highest BCUT2D eigenvalue weighted by molar-refractivity contribution is 5.89. The van der Waals surface area contributed by atoms with Crippen LogP contribution in [-0.4, -0.2) is 18.9 Å². The van der Waals surface area contributed by atoms with Crippen LogP contribution in [0.25, 0.3) is 0 Å². The molecule has 1 atom stereocenters. The van der Waals surface area contributed by atoms with E-state index in [-0.39, 0.29) is 17.7 Å². The third kappa shape index (κ3) is 3.19. The van der Waals surface area contributed by atoms with Crippen LogP contribution in [0.3, 0.4) is 0 Å². The smallest absolute Gasteiger partial charge is 0.337 e. The van der Waals surface area contributed by atoms with Crippen molar-refractivity contribution in [3.8, 4) is 0 Å². The molecule has 0 radical (unpaired) electrons. The van der Waals surface area contributed by atoms with Gasteiger partial charge in [0.25, 0.3) is 0 Å². The summed E-state index contributed by atoms with van der Waals surface area (Å²) in [6.07, 6.45) is 0.525. The van der Waals surface area contributed by atoms with Crippen molar-refractivity contribution in [2.24, 2.45) is 0 Å². The van der Waals surface area contributed by atoms with Crippen LogP contribution in [0.4, 0.5) is 0 Å². The summed E-state index contributed by atoms with van der Waals surface area (Å²) < 4.78 is 4.61. The highest BCUT2D eigenvalue weighted by Crippen LogP contribution is 2.19. The molecule has 0 amide bonds. The van der Waals surface area contributed by atoms with Crippen LogP contribution < -0.4 is 0 Å². The Morgan fingerprint density at radius 1 is 1.25 bits per heavy atom. The summed E-state index contributed by atoms with van der Waals surface area (Å²) in [4.78, 5) is 22.2. The second kappa shape index (κ2) is 5.45. The number of carbonyl (C=O) groups excluding carboxylic acids is 2. The molecule has 3 heteroatoms. The SMILES string of the molecule is COC(=O)c1ccc(C(C)CC(C)=O)cc1.